The first-order valence-corrected chi connectivity index (χ1v) is 10.2. The number of carbonyl (C=O) groups excluding carboxylic acids is 1. The number of thioether (sulfide) groups is 1. The Morgan fingerprint density at radius 3 is 2.46 bits per heavy atom. The molecule has 0 saturated heterocycles. The summed E-state index contributed by atoms with van der Waals surface area (Å²) in [5.74, 6) is 0.644. The highest BCUT2D eigenvalue weighted by Gasteiger charge is 2.10. The van der Waals surface area contributed by atoms with Crippen molar-refractivity contribution in [3.8, 4) is 0 Å². The third-order valence-corrected chi connectivity index (χ3v) is 5.89. The Balaban J connectivity index is 1.54. The summed E-state index contributed by atoms with van der Waals surface area (Å²) in [6.07, 6.45) is 0. The van der Waals surface area contributed by atoms with Crippen LogP contribution in [0.4, 0.5) is 15.6 Å². The Hall–Kier alpha value is -1.51. The van der Waals surface area contributed by atoms with E-state index >= 15 is 0 Å². The quantitative estimate of drug-likeness (QED) is 0.444. The molecule has 5 nitrogen and oxygen atoms in total. The number of amides is 2. The summed E-state index contributed by atoms with van der Waals surface area (Å²) in [4.78, 5) is 13.1. The highest BCUT2D eigenvalue weighted by Crippen LogP contribution is 2.28. The highest BCUT2D eigenvalue weighted by atomic mass is 35.5. The van der Waals surface area contributed by atoms with Gasteiger partial charge in [0.05, 0.1) is 16.5 Å². The number of rotatable bonds is 5. The molecule has 1 aromatic heterocycles. The van der Waals surface area contributed by atoms with Crippen LogP contribution in [0.1, 0.15) is 5.01 Å². The van der Waals surface area contributed by atoms with Crippen LogP contribution in [0.3, 0.4) is 0 Å². The summed E-state index contributed by atoms with van der Waals surface area (Å²) in [7, 11) is 0. The molecule has 0 aliphatic heterocycles. The Morgan fingerprint density at radius 1 is 1.00 bits per heavy atom. The van der Waals surface area contributed by atoms with Gasteiger partial charge < -0.3 is 5.32 Å². The Bertz CT molecular complexity index is 918. The van der Waals surface area contributed by atoms with Crippen LogP contribution in [0.15, 0.2) is 47.4 Å². The van der Waals surface area contributed by atoms with E-state index in [9.17, 15) is 4.79 Å². The molecule has 0 spiro atoms. The second-order valence-corrected chi connectivity index (χ2v) is 8.34. The summed E-state index contributed by atoms with van der Waals surface area (Å²) in [6, 6.07) is 11.9. The minimum absolute atomic E-state index is 0.352. The SMILES string of the molecule is O=C(Nc1nnc(CSc2ccc(Cl)cc2)s1)Nc1ccc(Cl)cc1Cl. The molecule has 3 aromatic rings. The van der Waals surface area contributed by atoms with E-state index in [1.54, 1.807) is 30.0 Å². The van der Waals surface area contributed by atoms with Gasteiger partial charge in [-0.2, -0.15) is 0 Å². The zero-order valence-electron chi connectivity index (χ0n) is 13.0. The van der Waals surface area contributed by atoms with Crippen molar-refractivity contribution < 1.29 is 4.79 Å². The van der Waals surface area contributed by atoms with Crippen LogP contribution in [0.5, 0.6) is 0 Å². The van der Waals surface area contributed by atoms with Crippen molar-refractivity contribution in [2.45, 2.75) is 10.6 Å². The van der Waals surface area contributed by atoms with Crippen LogP contribution in [0, 0.1) is 0 Å². The van der Waals surface area contributed by atoms with Gasteiger partial charge in [-0.25, -0.2) is 4.79 Å². The van der Waals surface area contributed by atoms with Gasteiger partial charge in [0, 0.05) is 14.9 Å². The molecule has 26 heavy (non-hydrogen) atoms. The van der Waals surface area contributed by atoms with Gasteiger partial charge in [0.15, 0.2) is 0 Å². The van der Waals surface area contributed by atoms with Crippen molar-refractivity contribution in [3.63, 3.8) is 0 Å². The van der Waals surface area contributed by atoms with Crippen molar-refractivity contribution in [1.29, 1.82) is 0 Å². The van der Waals surface area contributed by atoms with E-state index in [4.69, 9.17) is 34.8 Å². The fourth-order valence-corrected chi connectivity index (χ4v) is 4.08. The van der Waals surface area contributed by atoms with Crippen LogP contribution in [-0.2, 0) is 5.75 Å². The van der Waals surface area contributed by atoms with Crippen molar-refractivity contribution in [1.82, 2.24) is 10.2 Å². The molecular weight excluding hydrogens is 435 g/mol. The first kappa shape index (κ1) is 19.3. The third kappa shape index (κ3) is 5.49. The Kier molecular flexibility index (Phi) is 6.61. The number of aromatic nitrogens is 2. The van der Waals surface area contributed by atoms with E-state index in [0.29, 0.717) is 31.6 Å². The average Bonchev–Trinajstić information content (AvgIpc) is 3.04. The van der Waals surface area contributed by atoms with Gasteiger partial charge in [0.2, 0.25) is 5.13 Å². The number of nitrogens with zero attached hydrogens (tertiary/aromatic N) is 2. The van der Waals surface area contributed by atoms with Gasteiger partial charge in [-0.1, -0.05) is 46.1 Å². The van der Waals surface area contributed by atoms with Crippen molar-refractivity contribution >= 4 is 74.8 Å². The predicted octanol–water partition coefficient (Wildman–Crippen LogP) is 6.43. The molecule has 2 amide bonds. The number of urea groups is 1. The minimum atomic E-state index is -0.456. The molecule has 2 aromatic carbocycles. The molecule has 1 heterocycles. The molecule has 0 atom stereocenters. The van der Waals surface area contributed by atoms with Crippen molar-refractivity contribution in [3.05, 3.63) is 62.5 Å². The van der Waals surface area contributed by atoms with E-state index in [0.717, 1.165) is 9.90 Å². The average molecular weight is 446 g/mol. The summed E-state index contributed by atoms with van der Waals surface area (Å²) < 4.78 is 0. The minimum Gasteiger partial charge on any atom is -0.306 e. The Morgan fingerprint density at radius 2 is 1.73 bits per heavy atom. The lowest BCUT2D eigenvalue weighted by Crippen LogP contribution is -2.19. The van der Waals surface area contributed by atoms with E-state index in [1.165, 1.54) is 11.3 Å². The summed E-state index contributed by atoms with van der Waals surface area (Å²) in [6.45, 7) is 0. The zero-order chi connectivity index (χ0) is 18.5. The van der Waals surface area contributed by atoms with Crippen LogP contribution >= 0.6 is 57.9 Å². The lowest BCUT2D eigenvalue weighted by Gasteiger charge is -2.07. The summed E-state index contributed by atoms with van der Waals surface area (Å²) in [5.41, 5.74) is 0.455. The third-order valence-electron chi connectivity index (χ3n) is 3.04. The Labute approximate surface area is 173 Å². The standard InChI is InChI=1S/C16H11Cl3N4OS2/c17-9-1-4-11(5-2-9)25-8-14-22-23-16(26-14)21-15(24)20-13-6-3-10(18)7-12(13)19/h1-7H,8H2,(H2,20,21,23,24). The maximum atomic E-state index is 12.0. The number of carbonyl (C=O) groups is 1. The summed E-state index contributed by atoms with van der Waals surface area (Å²) in [5, 5.41) is 16.1. The topological polar surface area (TPSA) is 66.9 Å². The molecule has 0 bridgehead atoms. The first-order chi connectivity index (χ1) is 12.5. The maximum absolute atomic E-state index is 12.0. The first-order valence-electron chi connectivity index (χ1n) is 7.23. The molecule has 0 aliphatic carbocycles. The lowest BCUT2D eigenvalue weighted by molar-refractivity contribution is 0.262. The smallest absolute Gasteiger partial charge is 0.306 e. The molecule has 2 N–H and O–H groups in total. The van der Waals surface area contributed by atoms with Gasteiger partial charge in [0.1, 0.15) is 5.01 Å². The lowest BCUT2D eigenvalue weighted by atomic mass is 10.3. The predicted molar refractivity (Wildman–Crippen MR) is 110 cm³/mol. The molecule has 0 saturated carbocycles. The monoisotopic (exact) mass is 444 g/mol. The van der Waals surface area contributed by atoms with Crippen LogP contribution < -0.4 is 10.6 Å². The van der Waals surface area contributed by atoms with Crippen LogP contribution in [0.25, 0.3) is 0 Å². The van der Waals surface area contributed by atoms with Crippen LogP contribution in [0.2, 0.25) is 15.1 Å². The summed E-state index contributed by atoms with van der Waals surface area (Å²) >= 11 is 20.6. The highest BCUT2D eigenvalue weighted by molar-refractivity contribution is 7.98. The number of hydrogen-bond donors (Lipinski definition) is 2. The van der Waals surface area contributed by atoms with Crippen molar-refractivity contribution in [2.24, 2.45) is 0 Å². The number of hydrogen-bond acceptors (Lipinski definition) is 5. The van der Waals surface area contributed by atoms with Gasteiger partial charge >= 0.3 is 6.03 Å². The van der Waals surface area contributed by atoms with Gasteiger partial charge in [0.25, 0.3) is 0 Å². The fourth-order valence-electron chi connectivity index (χ4n) is 1.88. The van der Waals surface area contributed by atoms with Gasteiger partial charge in [-0.3, -0.25) is 5.32 Å². The maximum Gasteiger partial charge on any atom is 0.325 e. The van der Waals surface area contributed by atoms with E-state index in [2.05, 4.69) is 20.8 Å². The van der Waals surface area contributed by atoms with E-state index in [-0.39, 0.29) is 0 Å². The number of benzene rings is 2. The fraction of sp³-hybridized carbons (Fsp3) is 0.0625. The van der Waals surface area contributed by atoms with Crippen molar-refractivity contribution in [2.75, 3.05) is 10.6 Å². The van der Waals surface area contributed by atoms with Gasteiger partial charge in [-0.15, -0.1) is 22.0 Å². The number of nitrogens with one attached hydrogen (secondary N) is 2. The largest absolute Gasteiger partial charge is 0.325 e. The zero-order valence-corrected chi connectivity index (χ0v) is 16.9. The number of anilines is 2. The number of halogens is 3. The van der Waals surface area contributed by atoms with E-state index in [1.807, 2.05) is 24.3 Å². The molecule has 0 radical (unpaired) electrons. The second-order valence-electron chi connectivity index (χ2n) is 4.95. The molecule has 0 fully saturated rings. The molecule has 0 unspecified atom stereocenters. The van der Waals surface area contributed by atoms with Crippen LogP contribution in [-0.4, -0.2) is 16.2 Å². The second kappa shape index (κ2) is 8.92. The molecular formula is C16H11Cl3N4OS2. The van der Waals surface area contributed by atoms with Gasteiger partial charge in [-0.05, 0) is 42.5 Å². The molecule has 0 aliphatic rings. The van der Waals surface area contributed by atoms with E-state index < -0.39 is 6.03 Å². The molecule has 10 heteroatoms. The molecule has 3 rings (SSSR count). The normalized spacial score (nSPS) is 10.6. The molecule has 134 valence electrons.